The lowest BCUT2D eigenvalue weighted by Gasteiger charge is -2.30. The van der Waals surface area contributed by atoms with Gasteiger partial charge in [0.25, 0.3) is 0 Å². The fraction of sp³-hybridized carbons (Fsp3) is 0.533. The minimum Gasteiger partial charge on any atom is -0.369 e. The third kappa shape index (κ3) is 2.45. The first-order chi connectivity index (χ1) is 9.25. The number of piperidine rings is 1. The maximum atomic E-state index is 6.09. The van der Waals surface area contributed by atoms with Crippen LogP contribution in [0.15, 0.2) is 24.3 Å². The van der Waals surface area contributed by atoms with Gasteiger partial charge in [0.1, 0.15) is 0 Å². The van der Waals surface area contributed by atoms with Gasteiger partial charge in [-0.25, -0.2) is 4.98 Å². The Morgan fingerprint density at radius 2 is 1.95 bits per heavy atom. The molecule has 2 N–H and O–H groups in total. The number of hydrogen-bond acceptors (Lipinski definition) is 3. The molecule has 1 aromatic heterocycles. The molecule has 0 bridgehead atoms. The van der Waals surface area contributed by atoms with Crippen molar-refractivity contribution in [3.8, 4) is 0 Å². The van der Waals surface area contributed by atoms with Crippen molar-refractivity contribution in [1.82, 2.24) is 14.5 Å². The van der Waals surface area contributed by atoms with Crippen LogP contribution < -0.4 is 5.73 Å². The number of hydrogen-bond donors (Lipinski definition) is 1. The highest BCUT2D eigenvalue weighted by molar-refractivity contribution is 5.78. The maximum absolute atomic E-state index is 6.09. The largest absolute Gasteiger partial charge is 0.369 e. The van der Waals surface area contributed by atoms with E-state index in [0.29, 0.717) is 12.0 Å². The molecule has 0 saturated carbocycles. The van der Waals surface area contributed by atoms with E-state index in [1.165, 1.54) is 32.4 Å². The van der Waals surface area contributed by atoms with E-state index >= 15 is 0 Å². The Bertz CT molecular complexity index is 554. The molecule has 2 aromatic rings. The fourth-order valence-corrected chi connectivity index (χ4v) is 3.12. The van der Waals surface area contributed by atoms with E-state index in [4.69, 9.17) is 5.73 Å². The van der Waals surface area contributed by atoms with Crippen molar-refractivity contribution in [3.63, 3.8) is 0 Å². The van der Waals surface area contributed by atoms with Gasteiger partial charge in [-0.2, -0.15) is 0 Å². The van der Waals surface area contributed by atoms with Crippen LogP contribution in [0, 0.1) is 0 Å². The van der Waals surface area contributed by atoms with Crippen LogP contribution in [0.5, 0.6) is 0 Å². The van der Waals surface area contributed by atoms with Crippen LogP contribution in [0.4, 0.5) is 5.95 Å². The standard InChI is InChI=1S/C15H22N4/c1-12(11-18-9-5-2-6-10-18)19-14-8-4-3-7-13(14)17-15(19)16/h3-4,7-8,12H,2,5-6,9-11H2,1H3,(H2,16,17). The van der Waals surface area contributed by atoms with Gasteiger partial charge in [0.2, 0.25) is 5.95 Å². The number of benzene rings is 1. The van der Waals surface area contributed by atoms with E-state index in [1.54, 1.807) is 0 Å². The highest BCUT2D eigenvalue weighted by atomic mass is 15.2. The van der Waals surface area contributed by atoms with E-state index in [-0.39, 0.29) is 0 Å². The van der Waals surface area contributed by atoms with E-state index in [9.17, 15) is 0 Å². The third-order valence-corrected chi connectivity index (χ3v) is 4.03. The number of nitrogens with two attached hydrogens (primary N) is 1. The summed E-state index contributed by atoms with van der Waals surface area (Å²) in [5.41, 5.74) is 8.23. The van der Waals surface area contributed by atoms with E-state index in [1.807, 2.05) is 18.2 Å². The molecule has 2 heterocycles. The number of nitrogens with zero attached hydrogens (tertiary/aromatic N) is 3. The number of aromatic nitrogens is 2. The molecule has 0 spiro atoms. The first kappa shape index (κ1) is 12.5. The zero-order valence-electron chi connectivity index (χ0n) is 11.5. The molecule has 3 rings (SSSR count). The third-order valence-electron chi connectivity index (χ3n) is 4.03. The molecule has 1 unspecified atom stereocenters. The van der Waals surface area contributed by atoms with Gasteiger partial charge in [-0.05, 0) is 45.0 Å². The Hall–Kier alpha value is -1.55. The fourth-order valence-electron chi connectivity index (χ4n) is 3.12. The number of rotatable bonds is 3. The average Bonchev–Trinajstić information content (AvgIpc) is 2.75. The van der Waals surface area contributed by atoms with E-state index in [2.05, 4.69) is 27.4 Å². The predicted octanol–water partition coefficient (Wildman–Crippen LogP) is 2.67. The average molecular weight is 258 g/mol. The van der Waals surface area contributed by atoms with Crippen molar-refractivity contribution >= 4 is 17.0 Å². The molecule has 0 radical (unpaired) electrons. The predicted molar refractivity (Wildman–Crippen MR) is 79.1 cm³/mol. The Balaban J connectivity index is 1.84. The molecular weight excluding hydrogens is 236 g/mol. The lowest BCUT2D eigenvalue weighted by atomic mass is 10.1. The Kier molecular flexibility index (Phi) is 3.42. The normalized spacial score (nSPS) is 18.8. The molecule has 1 aromatic carbocycles. The SMILES string of the molecule is CC(CN1CCCCC1)n1c(N)nc2ccccc21. The second kappa shape index (κ2) is 5.21. The monoisotopic (exact) mass is 258 g/mol. The van der Waals surface area contributed by atoms with Gasteiger partial charge in [0.15, 0.2) is 0 Å². The van der Waals surface area contributed by atoms with Gasteiger partial charge in [-0.15, -0.1) is 0 Å². The summed E-state index contributed by atoms with van der Waals surface area (Å²) in [5, 5.41) is 0. The molecule has 19 heavy (non-hydrogen) atoms. The Morgan fingerprint density at radius 3 is 2.74 bits per heavy atom. The molecule has 0 amide bonds. The van der Waals surface area contributed by atoms with Crippen molar-refractivity contribution in [2.45, 2.75) is 32.2 Å². The van der Waals surface area contributed by atoms with E-state index in [0.717, 1.165) is 17.6 Å². The molecule has 1 fully saturated rings. The number of nitrogen functional groups attached to an aromatic ring is 1. The summed E-state index contributed by atoms with van der Waals surface area (Å²) in [5.74, 6) is 0.630. The zero-order valence-corrected chi connectivity index (χ0v) is 11.5. The summed E-state index contributed by atoms with van der Waals surface area (Å²) in [7, 11) is 0. The summed E-state index contributed by atoms with van der Waals surface area (Å²) in [6.07, 6.45) is 4.03. The zero-order chi connectivity index (χ0) is 13.2. The van der Waals surface area contributed by atoms with Gasteiger partial charge in [0, 0.05) is 12.6 Å². The van der Waals surface area contributed by atoms with Gasteiger partial charge >= 0.3 is 0 Å². The number of para-hydroxylation sites is 2. The number of imidazole rings is 1. The van der Waals surface area contributed by atoms with Crippen molar-refractivity contribution < 1.29 is 0 Å². The Labute approximate surface area is 114 Å². The summed E-state index contributed by atoms with van der Waals surface area (Å²) in [6, 6.07) is 8.55. The summed E-state index contributed by atoms with van der Waals surface area (Å²) < 4.78 is 2.17. The van der Waals surface area contributed by atoms with Crippen LogP contribution in [-0.2, 0) is 0 Å². The summed E-state index contributed by atoms with van der Waals surface area (Å²) in [4.78, 5) is 6.99. The van der Waals surface area contributed by atoms with Crippen molar-refractivity contribution in [2.24, 2.45) is 0 Å². The van der Waals surface area contributed by atoms with Crippen LogP contribution in [0.3, 0.4) is 0 Å². The molecule has 0 aliphatic carbocycles. The molecular formula is C15H22N4. The van der Waals surface area contributed by atoms with Crippen molar-refractivity contribution in [2.75, 3.05) is 25.4 Å². The van der Waals surface area contributed by atoms with E-state index < -0.39 is 0 Å². The number of fused-ring (bicyclic) bond motifs is 1. The van der Waals surface area contributed by atoms with Gasteiger partial charge in [-0.3, -0.25) is 0 Å². The minimum absolute atomic E-state index is 0.366. The highest BCUT2D eigenvalue weighted by Crippen LogP contribution is 2.23. The topological polar surface area (TPSA) is 47.1 Å². The Morgan fingerprint density at radius 1 is 1.21 bits per heavy atom. The lowest BCUT2D eigenvalue weighted by Crippen LogP contribution is -2.34. The molecule has 4 nitrogen and oxygen atoms in total. The van der Waals surface area contributed by atoms with Gasteiger partial charge in [0.05, 0.1) is 11.0 Å². The first-order valence-corrected chi connectivity index (χ1v) is 7.20. The maximum Gasteiger partial charge on any atom is 0.201 e. The summed E-state index contributed by atoms with van der Waals surface area (Å²) >= 11 is 0. The molecule has 1 atom stereocenters. The first-order valence-electron chi connectivity index (χ1n) is 7.20. The van der Waals surface area contributed by atoms with Gasteiger partial charge < -0.3 is 15.2 Å². The minimum atomic E-state index is 0.366. The number of likely N-dealkylation sites (tertiary alicyclic amines) is 1. The van der Waals surface area contributed by atoms with Crippen LogP contribution in [0.1, 0.15) is 32.2 Å². The second-order valence-electron chi connectivity index (χ2n) is 5.54. The molecule has 1 saturated heterocycles. The second-order valence-corrected chi connectivity index (χ2v) is 5.54. The van der Waals surface area contributed by atoms with Crippen LogP contribution in [0.25, 0.3) is 11.0 Å². The van der Waals surface area contributed by atoms with Crippen LogP contribution in [-0.4, -0.2) is 34.1 Å². The summed E-state index contributed by atoms with van der Waals surface area (Å²) in [6.45, 7) is 5.73. The quantitative estimate of drug-likeness (QED) is 0.920. The van der Waals surface area contributed by atoms with Crippen molar-refractivity contribution in [1.29, 1.82) is 0 Å². The van der Waals surface area contributed by atoms with Crippen LogP contribution >= 0.6 is 0 Å². The highest BCUT2D eigenvalue weighted by Gasteiger charge is 2.18. The number of anilines is 1. The molecule has 1 aliphatic heterocycles. The molecule has 102 valence electrons. The molecule has 4 heteroatoms. The van der Waals surface area contributed by atoms with Crippen LogP contribution in [0.2, 0.25) is 0 Å². The smallest absolute Gasteiger partial charge is 0.201 e. The van der Waals surface area contributed by atoms with Crippen molar-refractivity contribution in [3.05, 3.63) is 24.3 Å². The molecule has 1 aliphatic rings. The van der Waals surface area contributed by atoms with Gasteiger partial charge in [-0.1, -0.05) is 18.6 Å². The lowest BCUT2D eigenvalue weighted by molar-refractivity contribution is 0.204.